The third-order valence-corrected chi connectivity index (χ3v) is 2.76. The van der Waals surface area contributed by atoms with Crippen molar-refractivity contribution in [2.24, 2.45) is 0 Å². The van der Waals surface area contributed by atoms with Gasteiger partial charge >= 0.3 is 0 Å². The van der Waals surface area contributed by atoms with E-state index >= 15 is 0 Å². The maximum Gasteiger partial charge on any atom is 0.273 e. The standard InChI is InChI=1S/C12H15N3O2/c1-3-7-6-8(4-5-9(7)17-2)10-11(13)14-15-12(10)16/h4-6H,3H2,1-2H3,(H4,13,14,15,16). The summed E-state index contributed by atoms with van der Waals surface area (Å²) in [7, 11) is 1.63. The molecule has 90 valence electrons. The fraction of sp³-hybridized carbons (Fsp3) is 0.250. The summed E-state index contributed by atoms with van der Waals surface area (Å²) in [5.41, 5.74) is 7.82. The summed E-state index contributed by atoms with van der Waals surface area (Å²) in [5, 5.41) is 5.08. The van der Waals surface area contributed by atoms with Crippen LogP contribution in [0.15, 0.2) is 23.0 Å². The van der Waals surface area contributed by atoms with Crippen molar-refractivity contribution in [2.75, 3.05) is 12.8 Å². The van der Waals surface area contributed by atoms with Crippen LogP contribution in [-0.2, 0) is 6.42 Å². The zero-order chi connectivity index (χ0) is 12.4. The van der Waals surface area contributed by atoms with E-state index in [1.54, 1.807) is 7.11 Å². The van der Waals surface area contributed by atoms with Crippen LogP contribution in [0.4, 0.5) is 5.82 Å². The smallest absolute Gasteiger partial charge is 0.273 e. The molecule has 0 aliphatic heterocycles. The number of nitrogen functional groups attached to an aromatic ring is 1. The van der Waals surface area contributed by atoms with Crippen molar-refractivity contribution in [3.05, 3.63) is 34.1 Å². The molecule has 0 saturated carbocycles. The minimum atomic E-state index is -0.213. The van der Waals surface area contributed by atoms with Gasteiger partial charge in [-0.2, -0.15) is 0 Å². The normalized spacial score (nSPS) is 10.5. The van der Waals surface area contributed by atoms with Crippen LogP contribution >= 0.6 is 0 Å². The molecule has 5 heteroatoms. The molecule has 5 nitrogen and oxygen atoms in total. The van der Waals surface area contributed by atoms with Gasteiger partial charge in [0.15, 0.2) is 0 Å². The first-order valence-electron chi connectivity index (χ1n) is 5.40. The number of rotatable bonds is 3. The number of ether oxygens (including phenoxy) is 1. The first-order chi connectivity index (χ1) is 8.17. The summed E-state index contributed by atoms with van der Waals surface area (Å²) in [6.07, 6.45) is 0.833. The monoisotopic (exact) mass is 233 g/mol. The Kier molecular flexibility index (Phi) is 2.91. The molecule has 2 rings (SSSR count). The number of nitrogens with two attached hydrogens (primary N) is 1. The van der Waals surface area contributed by atoms with Crippen molar-refractivity contribution >= 4 is 5.82 Å². The molecule has 0 saturated heterocycles. The van der Waals surface area contributed by atoms with E-state index in [2.05, 4.69) is 10.2 Å². The van der Waals surface area contributed by atoms with E-state index < -0.39 is 0 Å². The molecule has 0 amide bonds. The number of nitrogens with one attached hydrogen (secondary N) is 2. The number of H-pyrrole nitrogens is 2. The minimum Gasteiger partial charge on any atom is -0.496 e. The van der Waals surface area contributed by atoms with E-state index in [1.807, 2.05) is 25.1 Å². The summed E-state index contributed by atoms with van der Waals surface area (Å²) in [4.78, 5) is 11.6. The van der Waals surface area contributed by atoms with Gasteiger partial charge in [0, 0.05) is 0 Å². The highest BCUT2D eigenvalue weighted by Gasteiger charge is 2.11. The number of hydrogen-bond donors (Lipinski definition) is 3. The molecule has 1 aromatic carbocycles. The number of benzene rings is 1. The summed E-state index contributed by atoms with van der Waals surface area (Å²) in [6.45, 7) is 2.03. The second kappa shape index (κ2) is 4.37. The Morgan fingerprint density at radius 2 is 2.12 bits per heavy atom. The van der Waals surface area contributed by atoms with E-state index in [0.29, 0.717) is 11.4 Å². The Hall–Kier alpha value is -2.17. The van der Waals surface area contributed by atoms with E-state index in [0.717, 1.165) is 23.3 Å². The van der Waals surface area contributed by atoms with Gasteiger partial charge < -0.3 is 10.5 Å². The molecule has 0 aliphatic rings. The first kappa shape index (κ1) is 11.3. The van der Waals surface area contributed by atoms with Crippen LogP contribution in [0.3, 0.4) is 0 Å². The number of anilines is 1. The zero-order valence-electron chi connectivity index (χ0n) is 9.83. The third-order valence-electron chi connectivity index (χ3n) is 2.76. The highest BCUT2D eigenvalue weighted by Crippen LogP contribution is 2.27. The summed E-state index contributed by atoms with van der Waals surface area (Å²) >= 11 is 0. The van der Waals surface area contributed by atoms with Crippen LogP contribution in [0.1, 0.15) is 12.5 Å². The lowest BCUT2D eigenvalue weighted by molar-refractivity contribution is 0.410. The molecule has 2 aromatic rings. The summed E-state index contributed by atoms with van der Waals surface area (Å²) in [5.74, 6) is 1.17. The molecule has 0 atom stereocenters. The van der Waals surface area contributed by atoms with Gasteiger partial charge in [0.05, 0.1) is 12.7 Å². The van der Waals surface area contributed by atoms with Crippen LogP contribution in [0.2, 0.25) is 0 Å². The molecule has 0 spiro atoms. The molecule has 17 heavy (non-hydrogen) atoms. The van der Waals surface area contributed by atoms with Gasteiger partial charge in [-0.1, -0.05) is 13.0 Å². The lowest BCUT2D eigenvalue weighted by Crippen LogP contribution is -2.03. The number of hydrogen-bond acceptors (Lipinski definition) is 3. The van der Waals surface area contributed by atoms with Gasteiger partial charge in [0.2, 0.25) is 0 Å². The van der Waals surface area contributed by atoms with Crippen LogP contribution in [0.5, 0.6) is 5.75 Å². The Morgan fingerprint density at radius 3 is 2.65 bits per heavy atom. The molecule has 0 bridgehead atoms. The average Bonchev–Trinajstić information content (AvgIpc) is 2.68. The van der Waals surface area contributed by atoms with E-state index in [-0.39, 0.29) is 5.56 Å². The zero-order valence-corrected chi connectivity index (χ0v) is 9.83. The van der Waals surface area contributed by atoms with Crippen LogP contribution in [0, 0.1) is 0 Å². The number of aromatic amines is 2. The van der Waals surface area contributed by atoms with Gasteiger partial charge in [-0.25, -0.2) is 0 Å². The van der Waals surface area contributed by atoms with Gasteiger partial charge in [0.25, 0.3) is 5.56 Å². The van der Waals surface area contributed by atoms with Gasteiger partial charge in [-0.05, 0) is 29.7 Å². The number of methoxy groups -OCH3 is 1. The van der Waals surface area contributed by atoms with Crippen molar-refractivity contribution in [2.45, 2.75) is 13.3 Å². The largest absolute Gasteiger partial charge is 0.496 e. The van der Waals surface area contributed by atoms with Crippen LogP contribution in [0.25, 0.3) is 11.1 Å². The molecular formula is C12H15N3O2. The molecule has 1 aromatic heterocycles. The van der Waals surface area contributed by atoms with Crippen molar-refractivity contribution in [1.82, 2.24) is 10.2 Å². The molecule has 0 radical (unpaired) electrons. The van der Waals surface area contributed by atoms with Crippen molar-refractivity contribution in [3.8, 4) is 16.9 Å². The second-order valence-electron chi connectivity index (χ2n) is 3.75. The first-order valence-corrected chi connectivity index (χ1v) is 5.40. The molecule has 1 heterocycles. The predicted octanol–water partition coefficient (Wildman–Crippen LogP) is 1.52. The van der Waals surface area contributed by atoms with Crippen molar-refractivity contribution in [1.29, 1.82) is 0 Å². The topological polar surface area (TPSA) is 83.9 Å². The highest BCUT2D eigenvalue weighted by atomic mass is 16.5. The summed E-state index contributed by atoms with van der Waals surface area (Å²) in [6, 6.07) is 5.60. The lowest BCUT2D eigenvalue weighted by Gasteiger charge is -2.08. The van der Waals surface area contributed by atoms with E-state index in [9.17, 15) is 4.79 Å². The van der Waals surface area contributed by atoms with Gasteiger partial charge in [0.1, 0.15) is 11.6 Å². The predicted molar refractivity (Wildman–Crippen MR) is 67.2 cm³/mol. The Morgan fingerprint density at radius 1 is 1.35 bits per heavy atom. The van der Waals surface area contributed by atoms with Gasteiger partial charge in [-0.3, -0.25) is 15.0 Å². The molecule has 0 fully saturated rings. The quantitative estimate of drug-likeness (QED) is 0.751. The van der Waals surface area contributed by atoms with Crippen LogP contribution < -0.4 is 16.0 Å². The summed E-state index contributed by atoms with van der Waals surface area (Å²) < 4.78 is 5.24. The Balaban J connectivity index is 2.58. The molecular weight excluding hydrogens is 218 g/mol. The highest BCUT2D eigenvalue weighted by molar-refractivity contribution is 5.74. The fourth-order valence-electron chi connectivity index (χ4n) is 1.87. The van der Waals surface area contributed by atoms with E-state index in [1.165, 1.54) is 0 Å². The average molecular weight is 233 g/mol. The van der Waals surface area contributed by atoms with Gasteiger partial charge in [-0.15, -0.1) is 0 Å². The van der Waals surface area contributed by atoms with Crippen molar-refractivity contribution in [3.63, 3.8) is 0 Å². The van der Waals surface area contributed by atoms with Crippen LogP contribution in [-0.4, -0.2) is 17.3 Å². The molecule has 4 N–H and O–H groups in total. The lowest BCUT2D eigenvalue weighted by atomic mass is 10.0. The molecule has 0 unspecified atom stereocenters. The maximum atomic E-state index is 11.6. The SMILES string of the molecule is CCc1cc(-c2c(N)[nH][nH]c2=O)ccc1OC. The second-order valence-corrected chi connectivity index (χ2v) is 3.75. The number of aryl methyl sites for hydroxylation is 1. The Bertz CT molecular complexity index is 584. The van der Waals surface area contributed by atoms with Crippen molar-refractivity contribution < 1.29 is 4.74 Å². The molecule has 0 aliphatic carbocycles. The number of aromatic nitrogens is 2. The van der Waals surface area contributed by atoms with E-state index in [4.69, 9.17) is 10.5 Å². The Labute approximate surface area is 98.6 Å². The fourth-order valence-corrected chi connectivity index (χ4v) is 1.87. The third kappa shape index (κ3) is 1.91. The minimum absolute atomic E-state index is 0.213. The maximum absolute atomic E-state index is 11.6.